The van der Waals surface area contributed by atoms with Gasteiger partial charge in [0.2, 0.25) is 5.91 Å². The Bertz CT molecular complexity index is 208. The molecule has 0 aromatic carbocycles. The van der Waals surface area contributed by atoms with E-state index in [9.17, 15) is 4.79 Å². The van der Waals surface area contributed by atoms with Gasteiger partial charge in [-0.15, -0.1) is 0 Å². The number of nitrogens with two attached hydrogens (primary N) is 1. The number of nitrogens with one attached hydrogen (secondary N) is 1. The Labute approximate surface area is 86.4 Å². The summed E-state index contributed by atoms with van der Waals surface area (Å²) in [5, 5.41) is 3.49. The van der Waals surface area contributed by atoms with Crippen molar-refractivity contribution in [3.05, 3.63) is 0 Å². The van der Waals surface area contributed by atoms with E-state index < -0.39 is 0 Å². The number of hydrogen-bond donors (Lipinski definition) is 2. The van der Waals surface area contributed by atoms with Gasteiger partial charge in [0.05, 0.1) is 5.92 Å². The summed E-state index contributed by atoms with van der Waals surface area (Å²) in [4.78, 5) is 11.2. The van der Waals surface area contributed by atoms with Gasteiger partial charge in [0.15, 0.2) is 0 Å². The van der Waals surface area contributed by atoms with E-state index in [1.165, 1.54) is 6.42 Å². The first kappa shape index (κ1) is 11.5. The fourth-order valence-corrected chi connectivity index (χ4v) is 2.20. The maximum absolute atomic E-state index is 11.2. The maximum Gasteiger partial charge on any atom is 0.222 e. The molecule has 0 aliphatic heterocycles. The molecule has 3 nitrogen and oxygen atoms in total. The number of primary amides is 1. The second kappa shape index (κ2) is 4.30. The topological polar surface area (TPSA) is 55.1 Å². The summed E-state index contributed by atoms with van der Waals surface area (Å²) in [7, 11) is 0. The van der Waals surface area contributed by atoms with Crippen LogP contribution in [0.1, 0.15) is 46.5 Å². The highest BCUT2D eigenvalue weighted by atomic mass is 16.1. The van der Waals surface area contributed by atoms with Crippen molar-refractivity contribution in [1.29, 1.82) is 0 Å². The van der Waals surface area contributed by atoms with E-state index in [1.54, 1.807) is 0 Å². The third-order valence-electron chi connectivity index (χ3n) is 2.75. The minimum Gasteiger partial charge on any atom is -0.369 e. The summed E-state index contributed by atoms with van der Waals surface area (Å²) in [6, 6.07) is 0.279. The Kier molecular flexibility index (Phi) is 3.53. The average Bonchev–Trinajstić information content (AvgIpc) is 2.01. The molecule has 2 atom stereocenters. The quantitative estimate of drug-likeness (QED) is 0.705. The number of hydrogen-bond acceptors (Lipinski definition) is 2. The van der Waals surface area contributed by atoms with Crippen LogP contribution in [0, 0.1) is 5.92 Å². The van der Waals surface area contributed by atoms with Gasteiger partial charge in [-0.25, -0.2) is 0 Å². The van der Waals surface area contributed by atoms with E-state index in [4.69, 9.17) is 5.73 Å². The van der Waals surface area contributed by atoms with Crippen LogP contribution in [-0.2, 0) is 4.79 Å². The average molecular weight is 198 g/mol. The van der Waals surface area contributed by atoms with Crippen molar-refractivity contribution in [2.45, 2.75) is 58.0 Å². The molecule has 0 aromatic rings. The van der Waals surface area contributed by atoms with Gasteiger partial charge in [0.1, 0.15) is 0 Å². The van der Waals surface area contributed by atoms with Crippen LogP contribution < -0.4 is 11.1 Å². The predicted molar refractivity (Wildman–Crippen MR) is 57.8 cm³/mol. The molecule has 82 valence electrons. The molecule has 1 rings (SSSR count). The highest BCUT2D eigenvalue weighted by Gasteiger charge is 2.31. The van der Waals surface area contributed by atoms with E-state index >= 15 is 0 Å². The second-order valence-corrected chi connectivity index (χ2v) is 5.29. The zero-order chi connectivity index (χ0) is 10.8. The van der Waals surface area contributed by atoms with Gasteiger partial charge in [0, 0.05) is 11.6 Å². The van der Waals surface area contributed by atoms with Crippen LogP contribution in [0.5, 0.6) is 0 Å². The number of carbonyl (C=O) groups is 1. The first-order valence-electron chi connectivity index (χ1n) is 5.47. The van der Waals surface area contributed by atoms with Crippen molar-refractivity contribution in [3.63, 3.8) is 0 Å². The van der Waals surface area contributed by atoms with Crippen molar-refractivity contribution in [2.24, 2.45) is 11.7 Å². The monoisotopic (exact) mass is 198 g/mol. The van der Waals surface area contributed by atoms with E-state index in [-0.39, 0.29) is 23.4 Å². The lowest BCUT2D eigenvalue weighted by Gasteiger charge is -2.35. The molecule has 1 fully saturated rings. The zero-order valence-corrected chi connectivity index (χ0v) is 9.47. The Morgan fingerprint density at radius 3 is 2.36 bits per heavy atom. The lowest BCUT2D eigenvalue weighted by molar-refractivity contribution is -0.123. The molecule has 1 saturated carbocycles. The third kappa shape index (κ3) is 3.29. The molecule has 3 N–H and O–H groups in total. The van der Waals surface area contributed by atoms with Crippen LogP contribution >= 0.6 is 0 Å². The van der Waals surface area contributed by atoms with Gasteiger partial charge in [-0.3, -0.25) is 4.79 Å². The smallest absolute Gasteiger partial charge is 0.222 e. The molecule has 0 spiro atoms. The summed E-state index contributed by atoms with van der Waals surface area (Å²) in [6.45, 7) is 6.37. The standard InChI is InChI=1S/C11H22N2O/c1-11(2,3)13-9-7-5-4-6-8(9)10(12)14/h8-9,13H,4-7H2,1-3H3,(H2,12,14)/t8-,9+/m0/s1. The third-order valence-corrected chi connectivity index (χ3v) is 2.75. The Morgan fingerprint density at radius 1 is 1.29 bits per heavy atom. The van der Waals surface area contributed by atoms with Crippen molar-refractivity contribution < 1.29 is 4.79 Å². The predicted octanol–water partition coefficient (Wildman–Crippen LogP) is 1.42. The van der Waals surface area contributed by atoms with E-state index in [0.717, 1.165) is 19.3 Å². The van der Waals surface area contributed by atoms with Gasteiger partial charge in [-0.05, 0) is 33.6 Å². The van der Waals surface area contributed by atoms with Gasteiger partial charge in [-0.2, -0.15) is 0 Å². The molecule has 0 heterocycles. The van der Waals surface area contributed by atoms with Gasteiger partial charge >= 0.3 is 0 Å². The first-order valence-corrected chi connectivity index (χ1v) is 5.47. The van der Waals surface area contributed by atoms with Crippen LogP contribution in [0.3, 0.4) is 0 Å². The Morgan fingerprint density at radius 2 is 1.86 bits per heavy atom. The van der Waals surface area contributed by atoms with Crippen LogP contribution in [-0.4, -0.2) is 17.5 Å². The Balaban J connectivity index is 2.59. The fourth-order valence-electron chi connectivity index (χ4n) is 2.20. The molecule has 0 aromatic heterocycles. The first-order chi connectivity index (χ1) is 6.40. The van der Waals surface area contributed by atoms with Gasteiger partial charge in [-0.1, -0.05) is 12.8 Å². The normalized spacial score (nSPS) is 28.8. The highest BCUT2D eigenvalue weighted by Crippen LogP contribution is 2.25. The summed E-state index contributed by atoms with van der Waals surface area (Å²) < 4.78 is 0. The molecule has 0 unspecified atom stereocenters. The summed E-state index contributed by atoms with van der Waals surface area (Å²) in [6.07, 6.45) is 4.36. The van der Waals surface area contributed by atoms with Gasteiger partial charge < -0.3 is 11.1 Å². The van der Waals surface area contributed by atoms with E-state index in [0.29, 0.717) is 0 Å². The number of amides is 1. The second-order valence-electron chi connectivity index (χ2n) is 5.29. The van der Waals surface area contributed by atoms with Crippen LogP contribution in [0.2, 0.25) is 0 Å². The lowest BCUT2D eigenvalue weighted by Crippen LogP contribution is -2.51. The largest absolute Gasteiger partial charge is 0.369 e. The molecule has 14 heavy (non-hydrogen) atoms. The van der Waals surface area contributed by atoms with E-state index in [1.807, 2.05) is 0 Å². The Hall–Kier alpha value is -0.570. The number of rotatable bonds is 2. The van der Waals surface area contributed by atoms with Crippen molar-refractivity contribution in [3.8, 4) is 0 Å². The summed E-state index contributed by atoms with van der Waals surface area (Å²) in [5.74, 6) is -0.116. The molecule has 0 saturated heterocycles. The molecule has 1 aliphatic rings. The van der Waals surface area contributed by atoms with Crippen LogP contribution in [0.25, 0.3) is 0 Å². The molecule has 1 aliphatic carbocycles. The fraction of sp³-hybridized carbons (Fsp3) is 0.909. The van der Waals surface area contributed by atoms with E-state index in [2.05, 4.69) is 26.1 Å². The van der Waals surface area contributed by atoms with Crippen molar-refractivity contribution in [2.75, 3.05) is 0 Å². The summed E-state index contributed by atoms with van der Waals surface area (Å²) >= 11 is 0. The lowest BCUT2D eigenvalue weighted by atomic mass is 9.83. The highest BCUT2D eigenvalue weighted by molar-refractivity contribution is 5.77. The van der Waals surface area contributed by atoms with Gasteiger partial charge in [0.25, 0.3) is 0 Å². The number of carbonyl (C=O) groups excluding carboxylic acids is 1. The molecular formula is C11H22N2O. The molecule has 0 radical (unpaired) electrons. The van der Waals surface area contributed by atoms with Crippen LogP contribution in [0.4, 0.5) is 0 Å². The minimum absolute atomic E-state index is 0.0305. The minimum atomic E-state index is -0.147. The molecule has 3 heteroatoms. The SMILES string of the molecule is CC(C)(C)N[C@@H]1CCCC[C@@H]1C(N)=O. The maximum atomic E-state index is 11.2. The molecule has 0 bridgehead atoms. The van der Waals surface area contributed by atoms with Crippen molar-refractivity contribution in [1.82, 2.24) is 5.32 Å². The van der Waals surface area contributed by atoms with Crippen molar-refractivity contribution >= 4 is 5.91 Å². The molecule has 1 amide bonds. The van der Waals surface area contributed by atoms with Crippen LogP contribution in [0.15, 0.2) is 0 Å². The summed E-state index contributed by atoms with van der Waals surface area (Å²) in [5.41, 5.74) is 5.46. The zero-order valence-electron chi connectivity index (χ0n) is 9.47. The molecular weight excluding hydrogens is 176 g/mol.